The Kier molecular flexibility index (Phi) is 4.68. The molecule has 1 aromatic rings. The molecule has 0 aromatic heterocycles. The van der Waals surface area contributed by atoms with Crippen molar-refractivity contribution in [3.8, 4) is 17.2 Å². The number of aliphatic carboxylic acids is 1. The lowest BCUT2D eigenvalue weighted by Crippen LogP contribution is -2.23. The Morgan fingerprint density at radius 1 is 1.17 bits per heavy atom. The van der Waals surface area contributed by atoms with Gasteiger partial charge in [-0.05, 0) is 29.0 Å². The molecule has 0 saturated carbocycles. The summed E-state index contributed by atoms with van der Waals surface area (Å²) in [4.78, 5) is 10.8. The van der Waals surface area contributed by atoms with E-state index in [1.165, 1.54) is 0 Å². The molecule has 0 amide bonds. The van der Waals surface area contributed by atoms with E-state index in [-0.39, 0.29) is 5.41 Å². The maximum absolute atomic E-state index is 10.8. The summed E-state index contributed by atoms with van der Waals surface area (Å²) in [5.41, 5.74) is 2.69. The van der Waals surface area contributed by atoms with E-state index in [0.717, 1.165) is 22.8 Å². The van der Waals surface area contributed by atoms with Gasteiger partial charge in [0.2, 0.25) is 5.75 Å². The SMILES string of the molecule is COc1cc2c(c(OC)c1OC)C(C)(C)CC(C=CC(=O)O)=C2. The van der Waals surface area contributed by atoms with Crippen molar-refractivity contribution < 1.29 is 24.1 Å². The Balaban J connectivity index is 2.70. The molecular formula is C18H22O5. The highest BCUT2D eigenvalue weighted by molar-refractivity contribution is 5.81. The zero-order valence-electron chi connectivity index (χ0n) is 14.1. The molecule has 0 unspecified atom stereocenters. The molecule has 0 aliphatic heterocycles. The van der Waals surface area contributed by atoms with E-state index in [1.807, 2.05) is 12.1 Å². The summed E-state index contributed by atoms with van der Waals surface area (Å²) in [6.45, 7) is 4.20. The number of methoxy groups -OCH3 is 3. The zero-order chi connectivity index (χ0) is 17.2. The second-order valence-electron chi connectivity index (χ2n) is 6.06. The summed E-state index contributed by atoms with van der Waals surface area (Å²) in [6, 6.07) is 1.90. The number of rotatable bonds is 5. The number of ether oxygens (including phenoxy) is 3. The van der Waals surface area contributed by atoms with Crippen LogP contribution in [0.5, 0.6) is 17.2 Å². The average Bonchev–Trinajstić information content (AvgIpc) is 2.50. The molecule has 0 spiro atoms. The number of carboxylic acid groups (broad SMARTS) is 1. The fourth-order valence-electron chi connectivity index (χ4n) is 3.12. The van der Waals surface area contributed by atoms with Crippen molar-refractivity contribution in [2.75, 3.05) is 21.3 Å². The fourth-order valence-corrected chi connectivity index (χ4v) is 3.12. The van der Waals surface area contributed by atoms with Gasteiger partial charge in [0.05, 0.1) is 21.3 Å². The van der Waals surface area contributed by atoms with Crippen LogP contribution < -0.4 is 14.2 Å². The third-order valence-electron chi connectivity index (χ3n) is 3.96. The van der Waals surface area contributed by atoms with Crippen LogP contribution in [-0.2, 0) is 10.2 Å². The maximum atomic E-state index is 10.8. The number of allylic oxidation sites excluding steroid dienone is 2. The van der Waals surface area contributed by atoms with Gasteiger partial charge < -0.3 is 19.3 Å². The van der Waals surface area contributed by atoms with E-state index >= 15 is 0 Å². The van der Waals surface area contributed by atoms with E-state index in [0.29, 0.717) is 23.7 Å². The topological polar surface area (TPSA) is 65.0 Å². The van der Waals surface area contributed by atoms with Crippen LogP contribution in [0.25, 0.3) is 6.08 Å². The molecule has 0 bridgehead atoms. The normalized spacial score (nSPS) is 15.8. The van der Waals surface area contributed by atoms with Crippen LogP contribution in [0.3, 0.4) is 0 Å². The molecule has 0 saturated heterocycles. The van der Waals surface area contributed by atoms with Crippen molar-refractivity contribution in [1.82, 2.24) is 0 Å². The van der Waals surface area contributed by atoms with Crippen molar-refractivity contribution in [1.29, 1.82) is 0 Å². The maximum Gasteiger partial charge on any atom is 0.328 e. The molecule has 23 heavy (non-hydrogen) atoms. The van der Waals surface area contributed by atoms with Crippen molar-refractivity contribution in [2.24, 2.45) is 0 Å². The third kappa shape index (κ3) is 3.18. The Morgan fingerprint density at radius 3 is 2.35 bits per heavy atom. The Bertz CT molecular complexity index is 683. The van der Waals surface area contributed by atoms with Gasteiger partial charge in [0.1, 0.15) is 0 Å². The summed E-state index contributed by atoms with van der Waals surface area (Å²) in [6.07, 6.45) is 5.46. The zero-order valence-corrected chi connectivity index (χ0v) is 14.1. The molecule has 1 aliphatic rings. The Labute approximate surface area is 136 Å². The largest absolute Gasteiger partial charge is 0.493 e. The molecule has 124 valence electrons. The van der Waals surface area contributed by atoms with Gasteiger partial charge in [-0.25, -0.2) is 4.79 Å². The van der Waals surface area contributed by atoms with Crippen LogP contribution in [0, 0.1) is 0 Å². The number of hydrogen-bond acceptors (Lipinski definition) is 4. The lowest BCUT2D eigenvalue weighted by Gasteiger charge is -2.34. The molecule has 0 fully saturated rings. The van der Waals surface area contributed by atoms with Crippen molar-refractivity contribution in [3.63, 3.8) is 0 Å². The standard InChI is InChI=1S/C18H22O5/c1-18(2)10-11(6-7-14(19)20)8-12-9-13(21-3)16(22-4)17(23-5)15(12)18/h6-9H,10H2,1-5H3,(H,19,20). The molecule has 1 N–H and O–H groups in total. The van der Waals surface area contributed by atoms with E-state index in [1.54, 1.807) is 27.4 Å². The highest BCUT2D eigenvalue weighted by Crippen LogP contribution is 2.51. The Hall–Kier alpha value is -2.43. The molecule has 1 aromatic carbocycles. The van der Waals surface area contributed by atoms with Crippen molar-refractivity contribution >= 4 is 12.0 Å². The van der Waals surface area contributed by atoms with Gasteiger partial charge in [0, 0.05) is 11.6 Å². The summed E-state index contributed by atoms with van der Waals surface area (Å²) >= 11 is 0. The van der Waals surface area contributed by atoms with Gasteiger partial charge in [-0.2, -0.15) is 0 Å². The quantitative estimate of drug-likeness (QED) is 0.843. The predicted octanol–water partition coefficient (Wildman–Crippen LogP) is 3.42. The molecular weight excluding hydrogens is 296 g/mol. The van der Waals surface area contributed by atoms with Gasteiger partial charge in [-0.15, -0.1) is 0 Å². The molecule has 1 aliphatic carbocycles. The van der Waals surface area contributed by atoms with Gasteiger partial charge in [-0.1, -0.05) is 26.0 Å². The first-order chi connectivity index (χ1) is 10.8. The highest BCUT2D eigenvalue weighted by atomic mass is 16.5. The number of hydrogen-bond donors (Lipinski definition) is 1. The molecule has 0 heterocycles. The van der Waals surface area contributed by atoms with E-state index in [9.17, 15) is 4.79 Å². The van der Waals surface area contributed by atoms with Gasteiger partial charge >= 0.3 is 5.97 Å². The van der Waals surface area contributed by atoms with Gasteiger partial charge in [-0.3, -0.25) is 0 Å². The lowest BCUT2D eigenvalue weighted by molar-refractivity contribution is -0.131. The van der Waals surface area contributed by atoms with Crippen LogP contribution in [0.1, 0.15) is 31.4 Å². The Morgan fingerprint density at radius 2 is 1.83 bits per heavy atom. The van der Waals surface area contributed by atoms with Crippen LogP contribution in [0.2, 0.25) is 0 Å². The van der Waals surface area contributed by atoms with E-state index in [2.05, 4.69) is 13.8 Å². The van der Waals surface area contributed by atoms with Crippen LogP contribution in [0.15, 0.2) is 23.8 Å². The minimum Gasteiger partial charge on any atom is -0.493 e. The lowest BCUT2D eigenvalue weighted by atomic mass is 9.72. The number of carboxylic acids is 1. The van der Waals surface area contributed by atoms with Crippen molar-refractivity contribution in [2.45, 2.75) is 25.7 Å². The second kappa shape index (κ2) is 6.36. The van der Waals surface area contributed by atoms with Crippen LogP contribution in [-0.4, -0.2) is 32.4 Å². The summed E-state index contributed by atoms with van der Waals surface area (Å²) in [5, 5.41) is 8.83. The minimum absolute atomic E-state index is 0.229. The molecule has 2 rings (SSSR count). The number of fused-ring (bicyclic) bond motifs is 1. The van der Waals surface area contributed by atoms with Crippen molar-refractivity contribution in [3.05, 3.63) is 34.9 Å². The number of carbonyl (C=O) groups is 1. The first-order valence-corrected chi connectivity index (χ1v) is 7.29. The van der Waals surface area contributed by atoms with E-state index < -0.39 is 5.97 Å². The summed E-state index contributed by atoms with van der Waals surface area (Å²) < 4.78 is 16.5. The molecule has 5 heteroatoms. The molecule has 5 nitrogen and oxygen atoms in total. The average molecular weight is 318 g/mol. The second-order valence-corrected chi connectivity index (χ2v) is 6.06. The van der Waals surface area contributed by atoms with Crippen LogP contribution in [0.4, 0.5) is 0 Å². The summed E-state index contributed by atoms with van der Waals surface area (Å²) in [5.74, 6) is 0.849. The first kappa shape index (κ1) is 16.9. The fraction of sp³-hybridized carbons (Fsp3) is 0.389. The first-order valence-electron chi connectivity index (χ1n) is 7.29. The highest BCUT2D eigenvalue weighted by Gasteiger charge is 2.34. The predicted molar refractivity (Wildman–Crippen MR) is 88.5 cm³/mol. The summed E-state index contributed by atoms with van der Waals surface area (Å²) in [7, 11) is 4.77. The minimum atomic E-state index is -0.959. The molecule has 0 radical (unpaired) electrons. The number of benzene rings is 1. The van der Waals surface area contributed by atoms with Gasteiger partial charge in [0.15, 0.2) is 11.5 Å². The molecule has 0 atom stereocenters. The van der Waals surface area contributed by atoms with Crippen LogP contribution >= 0.6 is 0 Å². The van der Waals surface area contributed by atoms with Gasteiger partial charge in [0.25, 0.3) is 0 Å². The monoisotopic (exact) mass is 318 g/mol. The third-order valence-corrected chi connectivity index (χ3v) is 3.96. The smallest absolute Gasteiger partial charge is 0.328 e. The van der Waals surface area contributed by atoms with E-state index in [4.69, 9.17) is 19.3 Å².